The Kier molecular flexibility index (Phi) is 3.91. The number of anilines is 1. The number of hydrogen-bond acceptors (Lipinski definition) is 6. The molecule has 7 nitrogen and oxygen atoms in total. The van der Waals surface area contributed by atoms with Crippen LogP contribution in [0.25, 0.3) is 27.9 Å². The number of piperazine rings is 1. The normalized spacial score (nSPS) is 17.5. The molecule has 0 amide bonds. The fraction of sp³-hybridized carbons (Fsp3) is 0.286. The summed E-state index contributed by atoms with van der Waals surface area (Å²) >= 11 is 0. The quantitative estimate of drug-likeness (QED) is 0.543. The van der Waals surface area contributed by atoms with Crippen molar-refractivity contribution in [2.24, 2.45) is 0 Å². The maximum absolute atomic E-state index is 12.7. The van der Waals surface area contributed by atoms with Gasteiger partial charge >= 0.3 is 5.63 Å². The molecule has 1 aromatic carbocycles. The standard InChI is InChI=1S/C21H21N5O2/c1-13-11-25(7-5-22-13)16-4-3-15-9-17(21(27)28-19(15)10-16)18-12-26-8-6-23-14(2)20(26)24-18/h3-4,6,8-10,12-13,22H,5,7,11H2,1-2H3/t13-/m1/s1. The summed E-state index contributed by atoms with van der Waals surface area (Å²) in [5.74, 6) is 0. The van der Waals surface area contributed by atoms with Crippen molar-refractivity contribution < 1.29 is 4.42 Å². The van der Waals surface area contributed by atoms with Gasteiger partial charge in [-0.3, -0.25) is 4.98 Å². The van der Waals surface area contributed by atoms with Crippen LogP contribution < -0.4 is 15.8 Å². The van der Waals surface area contributed by atoms with Crippen LogP contribution in [0.5, 0.6) is 0 Å². The van der Waals surface area contributed by atoms with Gasteiger partial charge in [0, 0.05) is 61.4 Å². The fourth-order valence-corrected chi connectivity index (χ4v) is 3.82. The van der Waals surface area contributed by atoms with E-state index in [9.17, 15) is 4.79 Å². The lowest BCUT2D eigenvalue weighted by molar-refractivity contribution is 0.484. The third kappa shape index (κ3) is 2.84. The molecule has 1 aliphatic heterocycles. The summed E-state index contributed by atoms with van der Waals surface area (Å²) in [4.78, 5) is 23.8. The highest BCUT2D eigenvalue weighted by Crippen LogP contribution is 2.26. The first-order chi connectivity index (χ1) is 13.6. The first-order valence-corrected chi connectivity index (χ1v) is 9.45. The highest BCUT2D eigenvalue weighted by atomic mass is 16.4. The molecule has 28 heavy (non-hydrogen) atoms. The molecule has 5 rings (SSSR count). The summed E-state index contributed by atoms with van der Waals surface area (Å²) < 4.78 is 7.54. The Hall–Kier alpha value is -3.19. The number of nitrogens with zero attached hydrogens (tertiary/aromatic N) is 4. The van der Waals surface area contributed by atoms with E-state index in [1.165, 1.54) is 0 Å². The fourth-order valence-electron chi connectivity index (χ4n) is 3.82. The van der Waals surface area contributed by atoms with Crippen LogP contribution in [0.3, 0.4) is 0 Å². The Morgan fingerprint density at radius 2 is 2.18 bits per heavy atom. The molecule has 7 heteroatoms. The molecular formula is C21H21N5O2. The van der Waals surface area contributed by atoms with Crippen molar-refractivity contribution in [1.29, 1.82) is 0 Å². The van der Waals surface area contributed by atoms with Crippen LogP contribution in [0.1, 0.15) is 12.6 Å². The van der Waals surface area contributed by atoms with E-state index in [2.05, 4.69) is 33.2 Å². The minimum absolute atomic E-state index is 0.382. The maximum Gasteiger partial charge on any atom is 0.345 e. The molecule has 0 spiro atoms. The van der Waals surface area contributed by atoms with Crippen molar-refractivity contribution in [2.75, 3.05) is 24.5 Å². The molecule has 1 fully saturated rings. The average Bonchev–Trinajstić information content (AvgIpc) is 3.12. The van der Waals surface area contributed by atoms with E-state index in [4.69, 9.17) is 4.42 Å². The first kappa shape index (κ1) is 16.9. The maximum atomic E-state index is 12.7. The van der Waals surface area contributed by atoms with E-state index in [-0.39, 0.29) is 5.63 Å². The Balaban J connectivity index is 1.57. The molecular weight excluding hydrogens is 354 g/mol. The van der Waals surface area contributed by atoms with Gasteiger partial charge in [0.2, 0.25) is 0 Å². The third-order valence-corrected chi connectivity index (χ3v) is 5.28. The Morgan fingerprint density at radius 3 is 3.00 bits per heavy atom. The summed E-state index contributed by atoms with van der Waals surface area (Å²) in [6.07, 6.45) is 5.37. The summed E-state index contributed by atoms with van der Waals surface area (Å²) in [6, 6.07) is 8.34. The Labute approximate surface area is 161 Å². The van der Waals surface area contributed by atoms with Crippen molar-refractivity contribution >= 4 is 22.3 Å². The molecule has 1 atom stereocenters. The number of benzene rings is 1. The second-order valence-electron chi connectivity index (χ2n) is 7.34. The Morgan fingerprint density at radius 1 is 1.29 bits per heavy atom. The number of aryl methyl sites for hydroxylation is 1. The number of fused-ring (bicyclic) bond motifs is 2. The van der Waals surface area contributed by atoms with E-state index in [1.807, 2.05) is 41.9 Å². The number of nitrogens with one attached hydrogen (secondary N) is 1. The number of imidazole rings is 1. The van der Waals surface area contributed by atoms with E-state index < -0.39 is 0 Å². The lowest BCUT2D eigenvalue weighted by atomic mass is 10.1. The van der Waals surface area contributed by atoms with Crippen molar-refractivity contribution in [3.05, 3.63) is 59.0 Å². The molecule has 0 aliphatic carbocycles. The Bertz CT molecular complexity index is 1240. The molecule has 1 saturated heterocycles. The molecule has 3 aromatic heterocycles. The van der Waals surface area contributed by atoms with Gasteiger partial charge in [-0.25, -0.2) is 9.78 Å². The topological polar surface area (TPSA) is 75.7 Å². The molecule has 0 bridgehead atoms. The van der Waals surface area contributed by atoms with Crippen molar-refractivity contribution in [2.45, 2.75) is 19.9 Å². The minimum Gasteiger partial charge on any atom is -0.422 e. The smallest absolute Gasteiger partial charge is 0.345 e. The predicted molar refractivity (Wildman–Crippen MR) is 109 cm³/mol. The van der Waals surface area contributed by atoms with Gasteiger partial charge in [-0.1, -0.05) is 0 Å². The van der Waals surface area contributed by atoms with Crippen LogP contribution in [0, 0.1) is 6.92 Å². The van der Waals surface area contributed by atoms with Crippen molar-refractivity contribution in [3.63, 3.8) is 0 Å². The van der Waals surface area contributed by atoms with Crippen LogP contribution >= 0.6 is 0 Å². The number of rotatable bonds is 2. The third-order valence-electron chi connectivity index (χ3n) is 5.28. The van der Waals surface area contributed by atoms with Crippen LogP contribution in [-0.4, -0.2) is 40.0 Å². The monoisotopic (exact) mass is 375 g/mol. The summed E-state index contributed by atoms with van der Waals surface area (Å²) in [7, 11) is 0. The van der Waals surface area contributed by atoms with Gasteiger partial charge in [-0.15, -0.1) is 0 Å². The van der Waals surface area contributed by atoms with E-state index in [1.54, 1.807) is 6.20 Å². The predicted octanol–water partition coefficient (Wildman–Crippen LogP) is 2.61. The van der Waals surface area contributed by atoms with Gasteiger partial charge in [-0.2, -0.15) is 0 Å². The lowest BCUT2D eigenvalue weighted by Crippen LogP contribution is -2.49. The van der Waals surface area contributed by atoms with Crippen molar-refractivity contribution in [3.8, 4) is 11.3 Å². The highest BCUT2D eigenvalue weighted by molar-refractivity contribution is 5.84. The van der Waals surface area contributed by atoms with Gasteiger partial charge in [0.05, 0.1) is 17.0 Å². The molecule has 0 unspecified atom stereocenters. The van der Waals surface area contributed by atoms with Crippen LogP contribution in [0.15, 0.2) is 52.1 Å². The molecule has 142 valence electrons. The zero-order valence-electron chi connectivity index (χ0n) is 15.8. The summed E-state index contributed by atoms with van der Waals surface area (Å²) in [5.41, 5.74) is 3.89. The highest BCUT2D eigenvalue weighted by Gasteiger charge is 2.17. The van der Waals surface area contributed by atoms with Gasteiger partial charge in [-0.05, 0) is 32.0 Å². The van der Waals surface area contributed by atoms with Crippen LogP contribution in [-0.2, 0) is 0 Å². The largest absolute Gasteiger partial charge is 0.422 e. The summed E-state index contributed by atoms with van der Waals surface area (Å²) in [6.45, 7) is 6.89. The summed E-state index contributed by atoms with van der Waals surface area (Å²) in [5, 5.41) is 4.32. The zero-order valence-corrected chi connectivity index (χ0v) is 15.8. The molecule has 1 aliphatic rings. The molecule has 0 saturated carbocycles. The van der Waals surface area contributed by atoms with Crippen molar-refractivity contribution in [1.82, 2.24) is 19.7 Å². The van der Waals surface area contributed by atoms with E-state index >= 15 is 0 Å². The van der Waals surface area contributed by atoms with Crippen LogP contribution in [0.4, 0.5) is 5.69 Å². The lowest BCUT2D eigenvalue weighted by Gasteiger charge is -2.33. The second kappa shape index (κ2) is 6.45. The minimum atomic E-state index is -0.382. The molecule has 1 N–H and O–H groups in total. The SMILES string of the molecule is Cc1nccn2cc(-c3cc4ccc(N5CCN[C@H](C)C5)cc4oc3=O)nc12. The first-order valence-electron chi connectivity index (χ1n) is 9.45. The van der Waals surface area contributed by atoms with Gasteiger partial charge in [0.1, 0.15) is 5.58 Å². The average molecular weight is 375 g/mol. The molecule has 4 heterocycles. The van der Waals surface area contributed by atoms with Gasteiger partial charge < -0.3 is 19.0 Å². The molecule has 0 radical (unpaired) electrons. The van der Waals surface area contributed by atoms with E-state index in [0.717, 1.165) is 42.0 Å². The van der Waals surface area contributed by atoms with Gasteiger partial charge in [0.25, 0.3) is 0 Å². The number of aromatic nitrogens is 3. The zero-order chi connectivity index (χ0) is 19.3. The van der Waals surface area contributed by atoms with Gasteiger partial charge in [0.15, 0.2) is 5.65 Å². The molecule has 4 aromatic rings. The van der Waals surface area contributed by atoms with E-state index in [0.29, 0.717) is 22.9 Å². The number of hydrogen-bond donors (Lipinski definition) is 1. The van der Waals surface area contributed by atoms with Crippen LogP contribution in [0.2, 0.25) is 0 Å². The second-order valence-corrected chi connectivity index (χ2v) is 7.34.